The van der Waals surface area contributed by atoms with Crippen LogP contribution in [0.5, 0.6) is 0 Å². The minimum atomic E-state index is 0.0837. The molecule has 1 aromatic heterocycles. The van der Waals surface area contributed by atoms with Gasteiger partial charge in [-0.3, -0.25) is 0 Å². The molecule has 0 spiro atoms. The second-order valence-electron chi connectivity index (χ2n) is 4.20. The van der Waals surface area contributed by atoms with Crippen molar-refractivity contribution < 1.29 is 0 Å². The Morgan fingerprint density at radius 2 is 2.14 bits per heavy atom. The summed E-state index contributed by atoms with van der Waals surface area (Å²) in [5.41, 5.74) is 1.05. The predicted molar refractivity (Wildman–Crippen MR) is 59.8 cm³/mol. The molecule has 0 aromatic carbocycles. The molecule has 0 unspecified atom stereocenters. The zero-order chi connectivity index (χ0) is 10.6. The molecule has 3 nitrogen and oxygen atoms in total. The third-order valence-corrected chi connectivity index (χ3v) is 2.64. The number of alkyl halides is 1. The van der Waals surface area contributed by atoms with Crippen molar-refractivity contribution in [3.05, 3.63) is 18.1 Å². The van der Waals surface area contributed by atoms with E-state index in [0.717, 1.165) is 18.1 Å². The summed E-state index contributed by atoms with van der Waals surface area (Å²) in [6.07, 6.45) is 1.56. The van der Waals surface area contributed by atoms with Gasteiger partial charge in [0.15, 0.2) is 0 Å². The number of hydrogen-bond acceptors (Lipinski definition) is 3. The van der Waals surface area contributed by atoms with Crippen LogP contribution in [0.1, 0.15) is 19.5 Å². The van der Waals surface area contributed by atoms with E-state index in [9.17, 15) is 0 Å². The van der Waals surface area contributed by atoms with Gasteiger partial charge >= 0.3 is 0 Å². The molecule has 1 aromatic rings. The number of nitrogens with zero attached hydrogens (tertiary/aromatic N) is 2. The summed E-state index contributed by atoms with van der Waals surface area (Å²) in [5.74, 6) is 1.49. The minimum Gasteiger partial charge on any atom is -0.369 e. The van der Waals surface area contributed by atoms with Gasteiger partial charge < -0.3 is 5.32 Å². The highest BCUT2D eigenvalue weighted by atomic mass is 35.5. The molecule has 0 radical (unpaired) electrons. The molecule has 4 heteroatoms. The van der Waals surface area contributed by atoms with E-state index in [-0.39, 0.29) is 5.41 Å². The van der Waals surface area contributed by atoms with Crippen molar-refractivity contribution in [3.63, 3.8) is 0 Å². The number of anilines is 1. The first kappa shape index (κ1) is 11.2. The number of aromatic nitrogens is 2. The Bertz CT molecular complexity index is 299. The Kier molecular flexibility index (Phi) is 3.69. The second-order valence-corrected chi connectivity index (χ2v) is 4.46. The van der Waals surface area contributed by atoms with Crippen LogP contribution < -0.4 is 5.32 Å². The number of rotatable bonds is 4. The number of hydrogen-bond donors (Lipinski definition) is 1. The summed E-state index contributed by atoms with van der Waals surface area (Å²) in [6.45, 7) is 6.98. The van der Waals surface area contributed by atoms with Crippen LogP contribution in [0.3, 0.4) is 0 Å². The van der Waals surface area contributed by atoms with Crippen LogP contribution in [0.2, 0.25) is 0 Å². The fourth-order valence-corrected chi connectivity index (χ4v) is 1.02. The van der Waals surface area contributed by atoms with E-state index in [4.69, 9.17) is 11.6 Å². The summed E-state index contributed by atoms with van der Waals surface area (Å²) in [4.78, 5) is 8.14. The molecule has 0 amide bonds. The van der Waals surface area contributed by atoms with Crippen LogP contribution in [0.25, 0.3) is 0 Å². The normalized spacial score (nSPS) is 11.4. The highest BCUT2D eigenvalue weighted by molar-refractivity contribution is 6.18. The lowest BCUT2D eigenvalue weighted by atomic mass is 9.97. The van der Waals surface area contributed by atoms with Gasteiger partial charge in [0.05, 0.1) is 0 Å². The van der Waals surface area contributed by atoms with Gasteiger partial charge in [-0.25, -0.2) is 9.97 Å². The molecule has 0 aliphatic rings. The molecular formula is C10H16ClN3. The lowest BCUT2D eigenvalue weighted by Gasteiger charge is -2.21. The minimum absolute atomic E-state index is 0.0837. The molecule has 14 heavy (non-hydrogen) atoms. The fourth-order valence-electron chi connectivity index (χ4n) is 0.928. The molecular weight excluding hydrogens is 198 g/mol. The van der Waals surface area contributed by atoms with Gasteiger partial charge in [-0.15, -0.1) is 11.6 Å². The van der Waals surface area contributed by atoms with Crippen molar-refractivity contribution >= 4 is 17.4 Å². The van der Waals surface area contributed by atoms with Crippen molar-refractivity contribution in [1.82, 2.24) is 9.97 Å². The van der Waals surface area contributed by atoms with Crippen LogP contribution in [-0.2, 0) is 0 Å². The van der Waals surface area contributed by atoms with Gasteiger partial charge in [-0.1, -0.05) is 13.8 Å². The molecule has 0 aliphatic heterocycles. The van der Waals surface area contributed by atoms with Crippen LogP contribution in [0.15, 0.2) is 12.4 Å². The zero-order valence-electron chi connectivity index (χ0n) is 8.84. The van der Waals surface area contributed by atoms with Crippen molar-refractivity contribution in [2.24, 2.45) is 5.41 Å². The van der Waals surface area contributed by atoms with E-state index in [1.165, 1.54) is 0 Å². The standard InChI is InChI=1S/C10H16ClN3/c1-8-4-9(14-7-13-8)12-6-10(2,3)5-11/h4,7H,5-6H2,1-3H3,(H,12,13,14). The monoisotopic (exact) mass is 213 g/mol. The van der Waals surface area contributed by atoms with E-state index >= 15 is 0 Å². The highest BCUT2D eigenvalue weighted by Gasteiger charge is 2.15. The van der Waals surface area contributed by atoms with Gasteiger partial charge in [0, 0.05) is 24.2 Å². The largest absolute Gasteiger partial charge is 0.369 e. The molecule has 1 N–H and O–H groups in total. The Balaban J connectivity index is 2.54. The first-order valence-electron chi connectivity index (χ1n) is 4.62. The van der Waals surface area contributed by atoms with Crippen molar-refractivity contribution in [2.45, 2.75) is 20.8 Å². The summed E-state index contributed by atoms with van der Waals surface area (Å²) in [6, 6.07) is 1.92. The third kappa shape index (κ3) is 3.50. The van der Waals surface area contributed by atoms with E-state index < -0.39 is 0 Å². The van der Waals surface area contributed by atoms with E-state index in [2.05, 4.69) is 29.1 Å². The molecule has 0 saturated heterocycles. The smallest absolute Gasteiger partial charge is 0.129 e. The summed E-state index contributed by atoms with van der Waals surface area (Å²) in [7, 11) is 0. The van der Waals surface area contributed by atoms with E-state index in [1.807, 2.05) is 13.0 Å². The van der Waals surface area contributed by atoms with Crippen LogP contribution >= 0.6 is 11.6 Å². The fraction of sp³-hybridized carbons (Fsp3) is 0.600. The van der Waals surface area contributed by atoms with Gasteiger partial charge in [-0.2, -0.15) is 0 Å². The molecule has 0 aliphatic carbocycles. The lowest BCUT2D eigenvalue weighted by Crippen LogP contribution is -2.25. The van der Waals surface area contributed by atoms with Gasteiger partial charge in [0.2, 0.25) is 0 Å². The van der Waals surface area contributed by atoms with Crippen molar-refractivity contribution in [1.29, 1.82) is 0 Å². The average Bonchev–Trinajstić information content (AvgIpc) is 2.15. The predicted octanol–water partition coefficient (Wildman–Crippen LogP) is 2.46. The Labute approximate surface area is 89.9 Å². The first-order valence-corrected chi connectivity index (χ1v) is 5.15. The molecule has 78 valence electrons. The summed E-state index contributed by atoms with van der Waals surface area (Å²) in [5, 5.41) is 3.24. The van der Waals surface area contributed by atoms with E-state index in [1.54, 1.807) is 6.33 Å². The number of halogens is 1. The topological polar surface area (TPSA) is 37.8 Å². The summed E-state index contributed by atoms with van der Waals surface area (Å²) < 4.78 is 0. The zero-order valence-corrected chi connectivity index (χ0v) is 9.60. The van der Waals surface area contributed by atoms with Crippen molar-refractivity contribution in [2.75, 3.05) is 17.7 Å². The second kappa shape index (κ2) is 4.60. The number of aryl methyl sites for hydroxylation is 1. The lowest BCUT2D eigenvalue weighted by molar-refractivity contribution is 0.449. The average molecular weight is 214 g/mol. The molecule has 0 bridgehead atoms. The maximum atomic E-state index is 5.82. The van der Waals surface area contributed by atoms with Gasteiger partial charge in [-0.05, 0) is 12.3 Å². The Morgan fingerprint density at radius 1 is 1.43 bits per heavy atom. The molecule has 0 fully saturated rings. The highest BCUT2D eigenvalue weighted by Crippen LogP contribution is 2.17. The Hall–Kier alpha value is -0.830. The maximum Gasteiger partial charge on any atom is 0.129 e. The molecule has 1 heterocycles. The van der Waals surface area contributed by atoms with Crippen LogP contribution in [-0.4, -0.2) is 22.4 Å². The molecule has 1 rings (SSSR count). The molecule has 0 atom stereocenters. The summed E-state index contributed by atoms with van der Waals surface area (Å²) >= 11 is 5.82. The van der Waals surface area contributed by atoms with E-state index in [0.29, 0.717) is 5.88 Å². The van der Waals surface area contributed by atoms with Crippen molar-refractivity contribution in [3.8, 4) is 0 Å². The Morgan fingerprint density at radius 3 is 2.71 bits per heavy atom. The quantitative estimate of drug-likeness (QED) is 0.781. The first-order chi connectivity index (χ1) is 6.53. The van der Waals surface area contributed by atoms with Gasteiger partial charge in [0.25, 0.3) is 0 Å². The third-order valence-electron chi connectivity index (χ3n) is 1.91. The van der Waals surface area contributed by atoms with Crippen LogP contribution in [0, 0.1) is 12.3 Å². The molecule has 0 saturated carbocycles. The van der Waals surface area contributed by atoms with Gasteiger partial charge in [0.1, 0.15) is 12.1 Å². The van der Waals surface area contributed by atoms with Crippen LogP contribution in [0.4, 0.5) is 5.82 Å². The SMILES string of the molecule is Cc1cc(NCC(C)(C)CCl)ncn1. The number of nitrogens with one attached hydrogen (secondary N) is 1. The maximum absolute atomic E-state index is 5.82.